The topological polar surface area (TPSA) is 15.3 Å². The molecule has 96 valence electrons. The average molecular weight is 226 g/mol. The monoisotopic (exact) mass is 226 g/mol. The zero-order chi connectivity index (χ0) is 12.0. The molecule has 0 aromatic rings. The summed E-state index contributed by atoms with van der Waals surface area (Å²) in [5, 5.41) is 3.52. The molecule has 0 amide bonds. The molecule has 2 heteroatoms. The Balaban J connectivity index is 2.18. The molecule has 0 spiro atoms. The van der Waals surface area contributed by atoms with Crippen LogP contribution >= 0.6 is 0 Å². The minimum atomic E-state index is 0.703. The van der Waals surface area contributed by atoms with E-state index in [0.717, 1.165) is 18.4 Å². The fourth-order valence-corrected chi connectivity index (χ4v) is 2.12. The van der Waals surface area contributed by atoms with Crippen molar-refractivity contribution in [3.8, 4) is 0 Å². The highest BCUT2D eigenvalue weighted by Crippen LogP contribution is 2.30. The zero-order valence-electron chi connectivity index (χ0n) is 11.6. The summed E-state index contributed by atoms with van der Waals surface area (Å²) < 4.78 is 0. The van der Waals surface area contributed by atoms with Crippen molar-refractivity contribution < 1.29 is 0 Å². The van der Waals surface area contributed by atoms with E-state index in [9.17, 15) is 0 Å². The molecule has 1 atom stereocenters. The summed E-state index contributed by atoms with van der Waals surface area (Å²) in [6, 6.07) is 0.703. The largest absolute Gasteiger partial charge is 0.316 e. The van der Waals surface area contributed by atoms with Gasteiger partial charge in [0.2, 0.25) is 0 Å². The lowest BCUT2D eigenvalue weighted by Crippen LogP contribution is -2.39. The van der Waals surface area contributed by atoms with Gasteiger partial charge in [-0.2, -0.15) is 0 Å². The maximum atomic E-state index is 3.52. The number of nitrogens with zero attached hydrogens (tertiary/aromatic N) is 1. The lowest BCUT2D eigenvalue weighted by Gasteiger charge is -2.29. The lowest BCUT2D eigenvalue weighted by atomic mass is 10.1. The van der Waals surface area contributed by atoms with E-state index in [4.69, 9.17) is 0 Å². The van der Waals surface area contributed by atoms with Crippen LogP contribution in [-0.2, 0) is 0 Å². The van der Waals surface area contributed by atoms with Crippen LogP contribution in [0.15, 0.2) is 0 Å². The van der Waals surface area contributed by atoms with Crippen LogP contribution in [0.1, 0.15) is 47.0 Å². The summed E-state index contributed by atoms with van der Waals surface area (Å²) in [6.45, 7) is 14.2. The van der Waals surface area contributed by atoms with Crippen molar-refractivity contribution in [2.75, 3.05) is 26.2 Å². The van der Waals surface area contributed by atoms with Crippen molar-refractivity contribution in [3.63, 3.8) is 0 Å². The number of hydrogen-bond acceptors (Lipinski definition) is 2. The zero-order valence-corrected chi connectivity index (χ0v) is 11.6. The van der Waals surface area contributed by atoms with Crippen LogP contribution in [-0.4, -0.2) is 37.1 Å². The van der Waals surface area contributed by atoms with Crippen LogP contribution in [0.25, 0.3) is 0 Å². The molecule has 0 aromatic carbocycles. The predicted molar refractivity (Wildman–Crippen MR) is 71.8 cm³/mol. The fourth-order valence-electron chi connectivity index (χ4n) is 2.12. The molecular weight excluding hydrogens is 196 g/mol. The molecule has 1 unspecified atom stereocenters. The summed E-state index contributed by atoms with van der Waals surface area (Å²) in [6.07, 6.45) is 4.17. The standard InChI is InChI=1S/C14H30N2/c1-5-8-15-9-13(4)10-16(12(2)3)11-14-6-7-14/h12-15H,5-11H2,1-4H3. The second-order valence-corrected chi connectivity index (χ2v) is 5.80. The molecule has 1 N–H and O–H groups in total. The van der Waals surface area contributed by atoms with Crippen LogP contribution in [0.2, 0.25) is 0 Å². The Labute approximate surface area is 102 Å². The van der Waals surface area contributed by atoms with E-state index < -0.39 is 0 Å². The first kappa shape index (κ1) is 14.0. The quantitative estimate of drug-likeness (QED) is 0.608. The summed E-state index contributed by atoms with van der Waals surface area (Å²) in [5.41, 5.74) is 0. The van der Waals surface area contributed by atoms with E-state index in [2.05, 4.69) is 37.9 Å². The molecule has 16 heavy (non-hydrogen) atoms. The molecule has 2 nitrogen and oxygen atoms in total. The molecule has 1 aliphatic rings. The molecule has 0 aromatic heterocycles. The Morgan fingerprint density at radius 1 is 1.25 bits per heavy atom. The minimum absolute atomic E-state index is 0.703. The molecule has 1 rings (SSSR count). The second kappa shape index (κ2) is 7.29. The highest BCUT2D eigenvalue weighted by atomic mass is 15.2. The number of rotatable bonds is 9. The predicted octanol–water partition coefficient (Wildman–Crippen LogP) is 2.74. The van der Waals surface area contributed by atoms with Crippen LogP contribution in [0, 0.1) is 11.8 Å². The highest BCUT2D eigenvalue weighted by Gasteiger charge is 2.25. The van der Waals surface area contributed by atoms with Gasteiger partial charge in [0, 0.05) is 19.1 Å². The Morgan fingerprint density at radius 2 is 1.94 bits per heavy atom. The molecule has 1 saturated carbocycles. The van der Waals surface area contributed by atoms with Gasteiger partial charge in [-0.25, -0.2) is 0 Å². The maximum absolute atomic E-state index is 3.52. The van der Waals surface area contributed by atoms with E-state index in [1.807, 2.05) is 0 Å². The van der Waals surface area contributed by atoms with E-state index in [1.54, 1.807) is 0 Å². The van der Waals surface area contributed by atoms with Gasteiger partial charge in [-0.1, -0.05) is 13.8 Å². The average Bonchev–Trinajstić information content (AvgIpc) is 3.01. The van der Waals surface area contributed by atoms with Crippen molar-refractivity contribution in [3.05, 3.63) is 0 Å². The summed E-state index contributed by atoms with van der Waals surface area (Å²) in [7, 11) is 0. The highest BCUT2D eigenvalue weighted by molar-refractivity contribution is 4.79. The van der Waals surface area contributed by atoms with Crippen LogP contribution in [0.3, 0.4) is 0 Å². The van der Waals surface area contributed by atoms with Gasteiger partial charge in [0.25, 0.3) is 0 Å². The maximum Gasteiger partial charge on any atom is 0.00388 e. The first-order valence-electron chi connectivity index (χ1n) is 7.08. The molecule has 0 saturated heterocycles. The van der Waals surface area contributed by atoms with Gasteiger partial charge < -0.3 is 10.2 Å². The first-order valence-corrected chi connectivity index (χ1v) is 7.08. The second-order valence-electron chi connectivity index (χ2n) is 5.80. The van der Waals surface area contributed by atoms with Gasteiger partial charge in [-0.05, 0) is 58.0 Å². The summed E-state index contributed by atoms with van der Waals surface area (Å²) in [4.78, 5) is 2.66. The van der Waals surface area contributed by atoms with Gasteiger partial charge in [0.15, 0.2) is 0 Å². The Hall–Kier alpha value is -0.0800. The summed E-state index contributed by atoms with van der Waals surface area (Å²) >= 11 is 0. The van der Waals surface area contributed by atoms with E-state index in [0.29, 0.717) is 6.04 Å². The number of hydrogen-bond donors (Lipinski definition) is 1. The number of nitrogens with one attached hydrogen (secondary N) is 1. The smallest absolute Gasteiger partial charge is 0.00388 e. The van der Waals surface area contributed by atoms with Gasteiger partial charge >= 0.3 is 0 Å². The Bertz CT molecular complexity index is 176. The van der Waals surface area contributed by atoms with Crippen molar-refractivity contribution in [1.29, 1.82) is 0 Å². The third kappa shape index (κ3) is 5.86. The van der Waals surface area contributed by atoms with Gasteiger partial charge in [-0.15, -0.1) is 0 Å². The normalized spacial score (nSPS) is 18.4. The summed E-state index contributed by atoms with van der Waals surface area (Å²) in [5.74, 6) is 1.78. The third-order valence-electron chi connectivity index (χ3n) is 3.39. The van der Waals surface area contributed by atoms with E-state index in [1.165, 1.54) is 38.9 Å². The van der Waals surface area contributed by atoms with Gasteiger partial charge in [0.05, 0.1) is 0 Å². The molecule has 1 fully saturated rings. The molecule has 0 heterocycles. The third-order valence-corrected chi connectivity index (χ3v) is 3.39. The van der Waals surface area contributed by atoms with Crippen LogP contribution < -0.4 is 5.32 Å². The lowest BCUT2D eigenvalue weighted by molar-refractivity contribution is 0.183. The van der Waals surface area contributed by atoms with Crippen molar-refractivity contribution in [1.82, 2.24) is 10.2 Å². The van der Waals surface area contributed by atoms with Crippen molar-refractivity contribution >= 4 is 0 Å². The molecule has 0 bridgehead atoms. The Morgan fingerprint density at radius 3 is 2.44 bits per heavy atom. The van der Waals surface area contributed by atoms with Gasteiger partial charge in [0.1, 0.15) is 0 Å². The fraction of sp³-hybridized carbons (Fsp3) is 1.00. The molecular formula is C14H30N2. The van der Waals surface area contributed by atoms with E-state index in [-0.39, 0.29) is 0 Å². The van der Waals surface area contributed by atoms with Crippen molar-refractivity contribution in [2.24, 2.45) is 11.8 Å². The van der Waals surface area contributed by atoms with Gasteiger partial charge in [-0.3, -0.25) is 0 Å². The van der Waals surface area contributed by atoms with Crippen LogP contribution in [0.4, 0.5) is 0 Å². The molecule has 1 aliphatic carbocycles. The molecule has 0 aliphatic heterocycles. The van der Waals surface area contributed by atoms with E-state index >= 15 is 0 Å². The SMILES string of the molecule is CCCNCC(C)CN(CC1CC1)C(C)C. The van der Waals surface area contributed by atoms with Crippen LogP contribution in [0.5, 0.6) is 0 Å². The first-order chi connectivity index (χ1) is 7.63. The molecule has 0 radical (unpaired) electrons. The Kier molecular flexibility index (Phi) is 6.37. The minimum Gasteiger partial charge on any atom is -0.316 e. The van der Waals surface area contributed by atoms with Crippen molar-refractivity contribution in [2.45, 2.75) is 53.0 Å².